The van der Waals surface area contributed by atoms with E-state index >= 15 is 4.39 Å². The number of hydrogen-bond donors (Lipinski definition) is 2. The lowest BCUT2D eigenvalue weighted by molar-refractivity contribution is -0.135. The number of benzene rings is 1. The highest BCUT2D eigenvalue weighted by molar-refractivity contribution is 5.97. The summed E-state index contributed by atoms with van der Waals surface area (Å²) in [5.41, 5.74) is 1.22. The molecule has 2 heterocycles. The summed E-state index contributed by atoms with van der Waals surface area (Å²) in [7, 11) is 2.01. The number of carbonyl (C=O) groups excluding carboxylic acids is 4. The zero-order valence-corrected chi connectivity index (χ0v) is 29.5. The van der Waals surface area contributed by atoms with Gasteiger partial charge in [0.1, 0.15) is 17.6 Å². The van der Waals surface area contributed by atoms with Crippen molar-refractivity contribution in [2.24, 2.45) is 11.8 Å². The molecule has 3 aliphatic rings. The first-order chi connectivity index (χ1) is 23.5. The van der Waals surface area contributed by atoms with Gasteiger partial charge in [0.15, 0.2) is 11.5 Å². The van der Waals surface area contributed by atoms with Crippen LogP contribution in [0.2, 0.25) is 0 Å². The van der Waals surface area contributed by atoms with Crippen LogP contribution >= 0.6 is 0 Å². The average Bonchev–Trinajstić information content (AvgIpc) is 3.81. The van der Waals surface area contributed by atoms with E-state index in [1.165, 1.54) is 6.07 Å². The number of ketones is 1. The van der Waals surface area contributed by atoms with E-state index in [0.29, 0.717) is 43.2 Å². The zero-order valence-electron chi connectivity index (χ0n) is 29.5. The number of nitrogens with zero attached hydrogens (tertiary/aromatic N) is 5. The number of aryl methyl sites for hydroxylation is 1. The van der Waals surface area contributed by atoms with E-state index in [2.05, 4.69) is 32.8 Å². The van der Waals surface area contributed by atoms with Crippen LogP contribution in [0.25, 0.3) is 0 Å². The summed E-state index contributed by atoms with van der Waals surface area (Å²) in [4.78, 5) is 60.0. The Morgan fingerprint density at radius 1 is 1.00 bits per heavy atom. The number of urea groups is 1. The first-order valence-corrected chi connectivity index (χ1v) is 18.0. The second-order valence-electron chi connectivity index (χ2n) is 14.2. The molecule has 1 aromatic heterocycles. The van der Waals surface area contributed by atoms with Gasteiger partial charge >= 0.3 is 6.03 Å². The second-order valence-corrected chi connectivity index (χ2v) is 14.2. The monoisotopic (exact) mass is 681 g/mol. The number of Topliss-reactive ketones (excluding diaryl/α,β-unsaturated/α-hetero) is 1. The Morgan fingerprint density at radius 3 is 2.31 bits per heavy atom. The molecule has 0 unspecified atom stereocenters. The molecule has 0 spiro atoms. The van der Waals surface area contributed by atoms with Crippen molar-refractivity contribution in [2.45, 2.75) is 103 Å². The second kappa shape index (κ2) is 16.2. The van der Waals surface area contributed by atoms with Crippen molar-refractivity contribution in [1.29, 1.82) is 0 Å². The highest BCUT2D eigenvalue weighted by atomic mass is 19.1. The Balaban J connectivity index is 1.33. The zero-order chi connectivity index (χ0) is 35.2. The maximum Gasteiger partial charge on any atom is 0.318 e. The van der Waals surface area contributed by atoms with Crippen molar-refractivity contribution in [2.75, 3.05) is 39.8 Å². The number of nitrogens with one attached hydrogen (secondary N) is 2. The third-order valence-corrected chi connectivity index (χ3v) is 10.7. The molecule has 3 atom stereocenters. The molecule has 0 radical (unpaired) electrons. The van der Waals surface area contributed by atoms with Crippen LogP contribution in [0.1, 0.15) is 99.4 Å². The van der Waals surface area contributed by atoms with Gasteiger partial charge in [-0.15, -0.1) is 0 Å². The van der Waals surface area contributed by atoms with Crippen LogP contribution in [0, 0.1) is 17.7 Å². The maximum atomic E-state index is 15.9. The number of amides is 4. The predicted octanol–water partition coefficient (Wildman–Crippen LogP) is 3.95. The van der Waals surface area contributed by atoms with Crippen LogP contribution in [0.15, 0.2) is 22.8 Å². The van der Waals surface area contributed by atoms with Crippen LogP contribution in [0.5, 0.6) is 0 Å². The molecule has 49 heavy (non-hydrogen) atoms. The molecule has 4 amide bonds. The molecular formula is C36H52FN7O5. The molecule has 268 valence electrons. The van der Waals surface area contributed by atoms with Gasteiger partial charge in [-0.25, -0.2) is 13.8 Å². The molecule has 12 nitrogen and oxygen atoms in total. The lowest BCUT2D eigenvalue weighted by Gasteiger charge is -2.37. The quantitative estimate of drug-likeness (QED) is 0.324. The number of halogens is 1. The lowest BCUT2D eigenvalue weighted by Crippen LogP contribution is -2.57. The minimum absolute atomic E-state index is 0.0564. The van der Waals surface area contributed by atoms with Gasteiger partial charge in [-0.1, -0.05) is 50.9 Å². The van der Waals surface area contributed by atoms with Gasteiger partial charge in [0.05, 0.1) is 6.04 Å². The fourth-order valence-corrected chi connectivity index (χ4v) is 7.18. The predicted molar refractivity (Wildman–Crippen MR) is 181 cm³/mol. The Hall–Kier alpha value is -3.87. The highest BCUT2D eigenvalue weighted by Gasteiger charge is 2.38. The van der Waals surface area contributed by atoms with E-state index in [1.807, 2.05) is 27.8 Å². The molecule has 2 N–H and O–H groups in total. The Bertz CT molecular complexity index is 1480. The molecular weight excluding hydrogens is 629 g/mol. The van der Waals surface area contributed by atoms with Crippen molar-refractivity contribution in [1.82, 2.24) is 35.6 Å². The summed E-state index contributed by atoms with van der Waals surface area (Å²) >= 11 is 0. The normalized spacial score (nSPS) is 21.8. The molecule has 13 heteroatoms. The summed E-state index contributed by atoms with van der Waals surface area (Å²) < 4.78 is 20.6. The lowest BCUT2D eigenvalue weighted by atomic mass is 9.77. The van der Waals surface area contributed by atoms with Gasteiger partial charge in [0.25, 0.3) is 5.91 Å². The number of rotatable bonds is 13. The first-order valence-electron chi connectivity index (χ1n) is 18.0. The molecule has 2 aromatic rings. The Morgan fingerprint density at radius 2 is 1.69 bits per heavy atom. The summed E-state index contributed by atoms with van der Waals surface area (Å²) in [5, 5.41) is 13.4. The minimum atomic E-state index is -0.886. The number of aromatic nitrogens is 2. The number of carbonyl (C=O) groups is 4. The molecule has 5 rings (SSSR count). The molecule has 3 fully saturated rings. The average molecular weight is 682 g/mol. The number of piperazine rings is 1. The summed E-state index contributed by atoms with van der Waals surface area (Å²) in [6, 6.07) is 2.88. The fraction of sp³-hybridized carbons (Fsp3) is 0.667. The third-order valence-electron chi connectivity index (χ3n) is 10.7. The molecule has 2 saturated carbocycles. The van der Waals surface area contributed by atoms with Gasteiger partial charge in [-0.05, 0) is 80.3 Å². The number of likely N-dealkylation sites (N-methyl/N-ethyl adjacent to an activating group) is 1. The maximum absolute atomic E-state index is 15.9. The number of hydrogen-bond acceptors (Lipinski definition) is 8. The molecule has 1 aromatic carbocycles. The van der Waals surface area contributed by atoms with Crippen molar-refractivity contribution in [3.8, 4) is 0 Å². The Labute approximate surface area is 288 Å². The van der Waals surface area contributed by atoms with Crippen molar-refractivity contribution in [3.05, 3.63) is 46.5 Å². The van der Waals surface area contributed by atoms with E-state index in [4.69, 9.17) is 4.63 Å². The highest BCUT2D eigenvalue weighted by Crippen LogP contribution is 2.32. The van der Waals surface area contributed by atoms with Crippen molar-refractivity contribution < 1.29 is 28.2 Å². The van der Waals surface area contributed by atoms with Gasteiger partial charge in [0.2, 0.25) is 5.91 Å². The Kier molecular flexibility index (Phi) is 12.1. The van der Waals surface area contributed by atoms with E-state index in [1.54, 1.807) is 21.9 Å². The van der Waals surface area contributed by atoms with E-state index in [9.17, 15) is 19.2 Å². The SMILES string of the molecule is CCc1nonc1C(=O)N[C@H](C(=O)Cc1ccc([C@H](C)[C@@H](NC(=O)N(CC)C2CC2)C(=O)N2CCN(C)CC2)cc1F)C1CCC(C)CC1. The largest absolute Gasteiger partial charge is 0.340 e. The van der Waals surface area contributed by atoms with E-state index in [-0.39, 0.29) is 47.4 Å². The summed E-state index contributed by atoms with van der Waals surface area (Å²) in [6.07, 6.45) is 5.57. The van der Waals surface area contributed by atoms with Crippen LogP contribution in [0.4, 0.5) is 9.18 Å². The van der Waals surface area contributed by atoms with Gasteiger partial charge in [-0.3, -0.25) is 14.4 Å². The van der Waals surface area contributed by atoms with Gasteiger partial charge in [-0.2, -0.15) is 0 Å². The molecule has 1 aliphatic heterocycles. The molecule has 0 bridgehead atoms. The van der Waals surface area contributed by atoms with E-state index in [0.717, 1.165) is 51.6 Å². The van der Waals surface area contributed by atoms with E-state index < -0.39 is 29.7 Å². The standard InChI is InChI=1S/C36H52FN7O5/c1-6-29-33(41-49-40-29)34(46)38-32(24-10-8-22(3)9-11-24)30(45)21-26-13-12-25(20-28(26)37)23(4)31(35(47)43-18-16-42(5)17-19-43)39-36(48)44(7-2)27-14-15-27/h12-13,20,22-24,27,31-32H,6-11,14-19,21H2,1-5H3,(H,38,46)(H,39,48)/t22?,23-,24?,31+,32-/m0/s1. The van der Waals surface area contributed by atoms with Crippen LogP contribution in [-0.4, -0.2) is 107 Å². The smallest absolute Gasteiger partial charge is 0.318 e. The molecule has 1 saturated heterocycles. The van der Waals surface area contributed by atoms with Crippen molar-refractivity contribution in [3.63, 3.8) is 0 Å². The van der Waals surface area contributed by atoms with Gasteiger partial charge < -0.3 is 25.3 Å². The van der Waals surface area contributed by atoms with Gasteiger partial charge in [0, 0.05) is 51.1 Å². The van der Waals surface area contributed by atoms with Crippen LogP contribution in [-0.2, 0) is 22.4 Å². The summed E-state index contributed by atoms with van der Waals surface area (Å²) in [5.74, 6) is -1.64. The van der Waals surface area contributed by atoms with Crippen molar-refractivity contribution >= 4 is 23.6 Å². The molecule has 2 aliphatic carbocycles. The minimum Gasteiger partial charge on any atom is -0.340 e. The van der Waals surface area contributed by atoms with Crippen LogP contribution in [0.3, 0.4) is 0 Å². The third kappa shape index (κ3) is 8.84. The first kappa shape index (κ1) is 36.4. The fourth-order valence-electron chi connectivity index (χ4n) is 7.18. The summed E-state index contributed by atoms with van der Waals surface area (Å²) in [6.45, 7) is 10.9. The topological polar surface area (TPSA) is 141 Å². The van der Waals surface area contributed by atoms with Crippen LogP contribution < -0.4 is 10.6 Å².